The number of carbonyl (C=O) groups is 1. The van der Waals surface area contributed by atoms with Crippen molar-refractivity contribution < 1.29 is 4.79 Å². The summed E-state index contributed by atoms with van der Waals surface area (Å²) < 4.78 is 0. The molecule has 0 unspecified atom stereocenters. The summed E-state index contributed by atoms with van der Waals surface area (Å²) in [6, 6.07) is 19.5. The Morgan fingerprint density at radius 3 is 2.43 bits per heavy atom. The Kier molecular flexibility index (Phi) is 4.93. The molecule has 1 amide bonds. The Balaban J connectivity index is 1.79. The monoisotopic (exact) mass is 369 g/mol. The van der Waals surface area contributed by atoms with Crippen LogP contribution >= 0.6 is 0 Å². The zero-order valence-electron chi connectivity index (χ0n) is 15.4. The van der Waals surface area contributed by atoms with Crippen molar-refractivity contribution in [2.75, 3.05) is 10.6 Å². The molecule has 2 heterocycles. The number of para-hydroxylation sites is 1. The molecule has 4 aromatic rings. The van der Waals surface area contributed by atoms with Crippen molar-refractivity contribution in [1.82, 2.24) is 15.2 Å². The van der Waals surface area contributed by atoms with E-state index in [0.29, 0.717) is 12.2 Å². The quantitative estimate of drug-likeness (QED) is 0.548. The van der Waals surface area contributed by atoms with Crippen LogP contribution in [0.15, 0.2) is 73.1 Å². The van der Waals surface area contributed by atoms with E-state index in [-0.39, 0.29) is 5.91 Å². The standard InChI is InChI=1S/C22H19N5O/c1-15(28)24-18-7-8-19-20(14-18)22(25-17-5-3-2-4-6-17)27-26-21(19)13-16-9-11-23-12-10-16/h2-12,14H,13H2,1H3,(H,24,28)(H,25,27). The van der Waals surface area contributed by atoms with Crippen LogP contribution in [0.1, 0.15) is 18.2 Å². The summed E-state index contributed by atoms with van der Waals surface area (Å²) in [4.78, 5) is 15.5. The van der Waals surface area contributed by atoms with Crippen molar-refractivity contribution in [1.29, 1.82) is 0 Å². The van der Waals surface area contributed by atoms with Gasteiger partial charge in [-0.15, -0.1) is 5.10 Å². The average molecular weight is 369 g/mol. The third kappa shape index (κ3) is 3.96. The van der Waals surface area contributed by atoms with Crippen LogP contribution < -0.4 is 10.6 Å². The number of anilines is 3. The van der Waals surface area contributed by atoms with E-state index in [1.807, 2.05) is 60.7 Å². The van der Waals surface area contributed by atoms with Crippen LogP contribution in [0.25, 0.3) is 10.8 Å². The minimum Gasteiger partial charge on any atom is -0.338 e. The van der Waals surface area contributed by atoms with E-state index < -0.39 is 0 Å². The molecule has 0 saturated carbocycles. The van der Waals surface area contributed by atoms with Crippen molar-refractivity contribution in [2.45, 2.75) is 13.3 Å². The molecule has 0 radical (unpaired) electrons. The molecule has 2 aromatic heterocycles. The van der Waals surface area contributed by atoms with Crippen LogP contribution in [0.5, 0.6) is 0 Å². The van der Waals surface area contributed by atoms with Gasteiger partial charge in [0.05, 0.1) is 5.69 Å². The third-order valence-electron chi connectivity index (χ3n) is 4.33. The number of nitrogens with zero attached hydrogens (tertiary/aromatic N) is 3. The Hall–Kier alpha value is -3.80. The number of amides is 1. The van der Waals surface area contributed by atoms with Gasteiger partial charge in [-0.25, -0.2) is 0 Å². The van der Waals surface area contributed by atoms with Gasteiger partial charge in [0.15, 0.2) is 5.82 Å². The molecule has 6 heteroatoms. The number of nitrogens with one attached hydrogen (secondary N) is 2. The van der Waals surface area contributed by atoms with Crippen LogP contribution in [0.2, 0.25) is 0 Å². The first-order valence-corrected chi connectivity index (χ1v) is 8.97. The maximum absolute atomic E-state index is 11.5. The summed E-state index contributed by atoms with van der Waals surface area (Å²) in [5.41, 5.74) is 3.62. The predicted octanol–water partition coefficient (Wildman–Crippen LogP) is 4.32. The second kappa shape index (κ2) is 7.84. The van der Waals surface area contributed by atoms with Crippen molar-refractivity contribution in [3.63, 3.8) is 0 Å². The van der Waals surface area contributed by atoms with Gasteiger partial charge in [-0.1, -0.05) is 24.3 Å². The molecule has 2 aromatic carbocycles. The van der Waals surface area contributed by atoms with Gasteiger partial charge in [0, 0.05) is 47.9 Å². The Morgan fingerprint density at radius 1 is 0.893 bits per heavy atom. The molecule has 2 N–H and O–H groups in total. The highest BCUT2D eigenvalue weighted by atomic mass is 16.1. The Morgan fingerprint density at radius 2 is 1.68 bits per heavy atom. The second-order valence-electron chi connectivity index (χ2n) is 6.46. The van der Waals surface area contributed by atoms with E-state index in [4.69, 9.17) is 0 Å². The van der Waals surface area contributed by atoms with Gasteiger partial charge in [-0.2, -0.15) is 5.10 Å². The first-order valence-electron chi connectivity index (χ1n) is 8.97. The van der Waals surface area contributed by atoms with Crippen molar-refractivity contribution >= 4 is 33.9 Å². The summed E-state index contributed by atoms with van der Waals surface area (Å²) in [6.07, 6.45) is 4.19. The smallest absolute Gasteiger partial charge is 0.221 e. The number of aromatic nitrogens is 3. The minimum absolute atomic E-state index is 0.115. The van der Waals surface area contributed by atoms with E-state index in [9.17, 15) is 4.79 Å². The van der Waals surface area contributed by atoms with Crippen LogP contribution in [0, 0.1) is 0 Å². The van der Waals surface area contributed by atoms with Crippen LogP contribution in [-0.2, 0) is 11.2 Å². The van der Waals surface area contributed by atoms with Crippen LogP contribution in [-0.4, -0.2) is 21.1 Å². The number of benzene rings is 2. The van der Waals surface area contributed by atoms with Crippen molar-refractivity contribution in [3.05, 3.63) is 84.3 Å². The molecular formula is C22H19N5O. The highest BCUT2D eigenvalue weighted by molar-refractivity contribution is 5.99. The lowest BCUT2D eigenvalue weighted by Gasteiger charge is -2.13. The van der Waals surface area contributed by atoms with E-state index in [1.165, 1.54) is 6.92 Å². The topological polar surface area (TPSA) is 79.8 Å². The molecule has 0 aliphatic heterocycles. The van der Waals surface area contributed by atoms with Crippen LogP contribution in [0.4, 0.5) is 17.2 Å². The van der Waals surface area contributed by atoms with Crippen molar-refractivity contribution in [2.24, 2.45) is 0 Å². The van der Waals surface area contributed by atoms with Gasteiger partial charge in [-0.3, -0.25) is 9.78 Å². The van der Waals surface area contributed by atoms with Gasteiger partial charge >= 0.3 is 0 Å². The molecule has 0 atom stereocenters. The maximum Gasteiger partial charge on any atom is 0.221 e. The molecule has 4 rings (SSSR count). The number of hydrogen-bond donors (Lipinski definition) is 2. The number of carbonyl (C=O) groups excluding carboxylic acids is 1. The maximum atomic E-state index is 11.5. The van der Waals surface area contributed by atoms with Gasteiger partial charge in [0.25, 0.3) is 0 Å². The van der Waals surface area contributed by atoms with Gasteiger partial charge < -0.3 is 10.6 Å². The first-order chi connectivity index (χ1) is 13.7. The third-order valence-corrected chi connectivity index (χ3v) is 4.33. The fourth-order valence-corrected chi connectivity index (χ4v) is 3.07. The van der Waals surface area contributed by atoms with E-state index in [2.05, 4.69) is 25.8 Å². The molecule has 28 heavy (non-hydrogen) atoms. The van der Waals surface area contributed by atoms with E-state index in [1.54, 1.807) is 12.4 Å². The number of fused-ring (bicyclic) bond motifs is 1. The summed E-state index contributed by atoms with van der Waals surface area (Å²) in [5, 5.41) is 16.9. The lowest BCUT2D eigenvalue weighted by atomic mass is 10.0. The second-order valence-corrected chi connectivity index (χ2v) is 6.46. The SMILES string of the molecule is CC(=O)Nc1ccc2c(Cc3ccncc3)nnc(Nc3ccccc3)c2c1. The van der Waals surface area contributed by atoms with Gasteiger partial charge in [-0.05, 0) is 42.0 Å². The molecule has 6 nitrogen and oxygen atoms in total. The number of pyridine rings is 1. The average Bonchev–Trinajstić information content (AvgIpc) is 2.71. The van der Waals surface area contributed by atoms with Crippen molar-refractivity contribution in [3.8, 4) is 0 Å². The largest absolute Gasteiger partial charge is 0.338 e. The number of rotatable bonds is 5. The van der Waals surface area contributed by atoms with E-state index >= 15 is 0 Å². The predicted molar refractivity (Wildman–Crippen MR) is 111 cm³/mol. The molecule has 0 bridgehead atoms. The molecular weight excluding hydrogens is 350 g/mol. The van der Waals surface area contributed by atoms with Gasteiger partial charge in [0.1, 0.15) is 0 Å². The number of hydrogen-bond acceptors (Lipinski definition) is 5. The Bertz CT molecular complexity index is 1110. The lowest BCUT2D eigenvalue weighted by molar-refractivity contribution is -0.114. The lowest BCUT2D eigenvalue weighted by Crippen LogP contribution is -2.07. The van der Waals surface area contributed by atoms with E-state index in [0.717, 1.165) is 33.4 Å². The summed E-state index contributed by atoms with van der Waals surface area (Å²) in [7, 11) is 0. The minimum atomic E-state index is -0.115. The summed E-state index contributed by atoms with van der Waals surface area (Å²) in [6.45, 7) is 1.49. The first kappa shape index (κ1) is 17.6. The zero-order valence-corrected chi connectivity index (χ0v) is 15.4. The molecule has 0 fully saturated rings. The molecule has 138 valence electrons. The summed E-state index contributed by atoms with van der Waals surface area (Å²) >= 11 is 0. The highest BCUT2D eigenvalue weighted by Gasteiger charge is 2.12. The molecule has 0 aliphatic carbocycles. The fourth-order valence-electron chi connectivity index (χ4n) is 3.07. The molecule has 0 spiro atoms. The van der Waals surface area contributed by atoms with Crippen LogP contribution in [0.3, 0.4) is 0 Å². The molecule has 0 aliphatic rings. The fraction of sp³-hybridized carbons (Fsp3) is 0.0909. The molecule has 0 saturated heterocycles. The Labute approximate surface area is 162 Å². The summed E-state index contributed by atoms with van der Waals surface area (Å²) in [5.74, 6) is 0.530. The highest BCUT2D eigenvalue weighted by Crippen LogP contribution is 2.29. The normalized spacial score (nSPS) is 10.6. The zero-order chi connectivity index (χ0) is 19.3. The van der Waals surface area contributed by atoms with Gasteiger partial charge in [0.2, 0.25) is 5.91 Å².